The quantitative estimate of drug-likeness (QED) is 0.683. The van der Waals surface area contributed by atoms with E-state index in [0.717, 1.165) is 11.8 Å². The number of nitrogens with zero attached hydrogens (tertiary/aromatic N) is 2. The maximum Gasteiger partial charge on any atom is 0.338 e. The Balaban J connectivity index is 1.74. The lowest BCUT2D eigenvalue weighted by Crippen LogP contribution is -2.45. The minimum Gasteiger partial charge on any atom is -0.462 e. The van der Waals surface area contributed by atoms with Crippen LogP contribution in [0.4, 0.5) is 15.8 Å². The molecule has 2 amide bonds. The number of hydrogen-bond acceptors (Lipinski definition) is 6. The molecule has 0 saturated carbocycles. The third-order valence-corrected chi connectivity index (χ3v) is 5.63. The SMILES string of the molecule is CCOC(=O)c1ccc(NC(=O)[C@@H]2CC(=O)N(CC)C(=Nc3cccc(F)c3)S2)cc1. The summed E-state index contributed by atoms with van der Waals surface area (Å²) < 4.78 is 18.4. The van der Waals surface area contributed by atoms with Gasteiger partial charge in [-0.05, 0) is 56.3 Å². The van der Waals surface area contributed by atoms with Gasteiger partial charge in [-0.2, -0.15) is 0 Å². The molecule has 0 unspecified atom stereocenters. The van der Waals surface area contributed by atoms with Crippen molar-refractivity contribution in [1.29, 1.82) is 0 Å². The molecule has 7 nitrogen and oxygen atoms in total. The number of nitrogens with one attached hydrogen (secondary N) is 1. The van der Waals surface area contributed by atoms with Crippen LogP contribution in [0.15, 0.2) is 53.5 Å². The molecular weight excluding hydrogens is 421 g/mol. The largest absolute Gasteiger partial charge is 0.462 e. The Bertz CT molecular complexity index is 1010. The van der Waals surface area contributed by atoms with Gasteiger partial charge < -0.3 is 10.1 Å². The van der Waals surface area contributed by atoms with Gasteiger partial charge in [-0.15, -0.1) is 0 Å². The van der Waals surface area contributed by atoms with Gasteiger partial charge in [0, 0.05) is 18.7 Å². The molecule has 3 rings (SSSR count). The van der Waals surface area contributed by atoms with Crippen LogP contribution in [0.3, 0.4) is 0 Å². The highest BCUT2D eigenvalue weighted by molar-refractivity contribution is 8.15. The van der Waals surface area contributed by atoms with Crippen molar-refractivity contribution in [3.63, 3.8) is 0 Å². The Hall–Kier alpha value is -3.20. The van der Waals surface area contributed by atoms with Crippen molar-refractivity contribution in [1.82, 2.24) is 4.90 Å². The minimum absolute atomic E-state index is 0.0213. The summed E-state index contributed by atoms with van der Waals surface area (Å²) >= 11 is 1.16. The van der Waals surface area contributed by atoms with Crippen LogP contribution in [0, 0.1) is 5.82 Å². The summed E-state index contributed by atoms with van der Waals surface area (Å²) in [6.07, 6.45) is 0.0213. The third-order valence-electron chi connectivity index (χ3n) is 4.44. The average Bonchev–Trinajstić information content (AvgIpc) is 2.74. The number of carbonyl (C=O) groups excluding carboxylic acids is 3. The molecule has 1 heterocycles. The molecule has 2 aromatic rings. The normalized spacial score (nSPS) is 17.5. The number of carbonyl (C=O) groups is 3. The zero-order valence-electron chi connectivity index (χ0n) is 17.1. The van der Waals surface area contributed by atoms with Crippen molar-refractivity contribution in [2.75, 3.05) is 18.5 Å². The molecule has 9 heteroatoms. The Morgan fingerprint density at radius 3 is 2.61 bits per heavy atom. The molecule has 1 fully saturated rings. The van der Waals surface area contributed by atoms with Gasteiger partial charge in [0.05, 0.1) is 17.9 Å². The number of amidine groups is 1. The number of halogens is 1. The van der Waals surface area contributed by atoms with Crippen LogP contribution < -0.4 is 5.32 Å². The highest BCUT2D eigenvalue weighted by Crippen LogP contribution is 2.30. The Kier molecular flexibility index (Phi) is 7.41. The van der Waals surface area contributed by atoms with Crippen molar-refractivity contribution in [2.24, 2.45) is 4.99 Å². The van der Waals surface area contributed by atoms with Crippen molar-refractivity contribution in [2.45, 2.75) is 25.5 Å². The van der Waals surface area contributed by atoms with Gasteiger partial charge in [-0.3, -0.25) is 14.5 Å². The van der Waals surface area contributed by atoms with Gasteiger partial charge in [0.2, 0.25) is 11.8 Å². The van der Waals surface area contributed by atoms with Crippen molar-refractivity contribution >= 4 is 46.1 Å². The number of aliphatic imine (C=N–C) groups is 1. The second kappa shape index (κ2) is 10.2. The van der Waals surface area contributed by atoms with Crippen LogP contribution in [0.1, 0.15) is 30.6 Å². The van der Waals surface area contributed by atoms with Crippen LogP contribution >= 0.6 is 11.8 Å². The fourth-order valence-electron chi connectivity index (χ4n) is 2.94. The highest BCUT2D eigenvalue weighted by atomic mass is 32.2. The first-order valence-corrected chi connectivity index (χ1v) is 10.7. The fraction of sp³-hybridized carbons (Fsp3) is 0.273. The topological polar surface area (TPSA) is 88.1 Å². The predicted molar refractivity (Wildman–Crippen MR) is 118 cm³/mol. The van der Waals surface area contributed by atoms with E-state index >= 15 is 0 Å². The summed E-state index contributed by atoms with van der Waals surface area (Å²) in [7, 11) is 0. The lowest BCUT2D eigenvalue weighted by atomic mass is 10.2. The molecule has 0 spiro atoms. The molecule has 0 aromatic heterocycles. The molecule has 162 valence electrons. The van der Waals surface area contributed by atoms with Gasteiger partial charge in [0.1, 0.15) is 11.1 Å². The molecule has 1 aliphatic rings. The third kappa shape index (κ3) is 5.69. The summed E-state index contributed by atoms with van der Waals surface area (Å²) in [4.78, 5) is 42.9. The summed E-state index contributed by atoms with van der Waals surface area (Å²) in [5.74, 6) is -1.46. The number of amides is 2. The molecule has 0 bridgehead atoms. The predicted octanol–water partition coefficient (Wildman–Crippen LogP) is 3.98. The fourth-order valence-corrected chi connectivity index (χ4v) is 4.10. The molecule has 1 atom stereocenters. The Morgan fingerprint density at radius 1 is 1.23 bits per heavy atom. The number of hydrogen-bond donors (Lipinski definition) is 1. The second-order valence-electron chi connectivity index (χ2n) is 6.61. The van der Waals surface area contributed by atoms with Crippen LogP contribution in [0.25, 0.3) is 0 Å². The Labute approximate surface area is 183 Å². The number of anilines is 1. The van der Waals surface area contributed by atoms with E-state index < -0.39 is 17.0 Å². The van der Waals surface area contributed by atoms with Gasteiger partial charge in [-0.25, -0.2) is 14.2 Å². The van der Waals surface area contributed by atoms with Gasteiger partial charge >= 0.3 is 5.97 Å². The first-order chi connectivity index (χ1) is 14.9. The first kappa shape index (κ1) is 22.5. The summed E-state index contributed by atoms with van der Waals surface area (Å²) in [5, 5.41) is 2.42. The van der Waals surface area contributed by atoms with Crippen LogP contribution in [-0.4, -0.2) is 46.3 Å². The summed E-state index contributed by atoms with van der Waals surface area (Å²) in [6, 6.07) is 12.0. The van der Waals surface area contributed by atoms with Crippen LogP contribution in [0.2, 0.25) is 0 Å². The standard InChI is InChI=1S/C22H22FN3O4S/c1-3-26-19(27)13-18(31-22(26)25-17-7-5-6-15(23)12-17)20(28)24-16-10-8-14(9-11-16)21(29)30-4-2/h5-12,18H,3-4,13H2,1-2H3,(H,24,28)/t18-/m0/s1. The Morgan fingerprint density at radius 2 is 1.97 bits per heavy atom. The second-order valence-corrected chi connectivity index (χ2v) is 7.78. The van der Waals surface area contributed by atoms with Crippen molar-refractivity contribution in [3.05, 3.63) is 59.9 Å². The van der Waals surface area contributed by atoms with Gasteiger partial charge in [0.25, 0.3) is 0 Å². The van der Waals surface area contributed by atoms with Crippen molar-refractivity contribution < 1.29 is 23.5 Å². The van der Waals surface area contributed by atoms with E-state index in [0.29, 0.717) is 28.7 Å². The van der Waals surface area contributed by atoms with E-state index in [1.807, 2.05) is 6.92 Å². The van der Waals surface area contributed by atoms with Gasteiger partial charge in [-0.1, -0.05) is 17.8 Å². The molecule has 1 N–H and O–H groups in total. The summed E-state index contributed by atoms with van der Waals surface area (Å²) in [6.45, 7) is 4.20. The number of benzene rings is 2. The molecule has 2 aromatic carbocycles. The van der Waals surface area contributed by atoms with Crippen LogP contribution in [-0.2, 0) is 14.3 Å². The molecule has 31 heavy (non-hydrogen) atoms. The zero-order chi connectivity index (χ0) is 22.4. The van der Waals surface area contributed by atoms with Gasteiger partial charge in [0.15, 0.2) is 5.17 Å². The van der Waals surface area contributed by atoms with Crippen LogP contribution in [0.5, 0.6) is 0 Å². The monoisotopic (exact) mass is 443 g/mol. The molecule has 0 aliphatic carbocycles. The first-order valence-electron chi connectivity index (χ1n) is 9.80. The maximum atomic E-state index is 13.5. The van der Waals surface area contributed by atoms with E-state index in [2.05, 4.69) is 10.3 Å². The van der Waals surface area contributed by atoms with E-state index in [9.17, 15) is 18.8 Å². The van der Waals surface area contributed by atoms with E-state index in [1.54, 1.807) is 37.3 Å². The minimum atomic E-state index is -0.688. The molecule has 1 saturated heterocycles. The smallest absolute Gasteiger partial charge is 0.338 e. The number of thioether (sulfide) groups is 1. The lowest BCUT2D eigenvalue weighted by Gasteiger charge is -2.30. The molecule has 1 aliphatic heterocycles. The lowest BCUT2D eigenvalue weighted by molar-refractivity contribution is -0.129. The number of ether oxygens (including phenoxy) is 1. The number of esters is 1. The average molecular weight is 444 g/mol. The van der Waals surface area contributed by atoms with E-state index in [1.165, 1.54) is 23.1 Å². The highest BCUT2D eigenvalue weighted by Gasteiger charge is 2.35. The van der Waals surface area contributed by atoms with E-state index in [4.69, 9.17) is 4.74 Å². The molecular formula is C22H22FN3O4S. The van der Waals surface area contributed by atoms with E-state index in [-0.39, 0.29) is 24.8 Å². The summed E-state index contributed by atoms with van der Waals surface area (Å²) in [5.41, 5.74) is 1.24. The molecule has 0 radical (unpaired) electrons. The maximum absolute atomic E-state index is 13.5. The van der Waals surface area contributed by atoms with Crippen molar-refractivity contribution in [3.8, 4) is 0 Å². The number of rotatable bonds is 6. The zero-order valence-corrected chi connectivity index (χ0v) is 17.9.